The van der Waals surface area contributed by atoms with Crippen LogP contribution in [0.5, 0.6) is 5.75 Å². The number of likely N-dealkylation sites (tertiary alicyclic amines) is 1. The quantitative estimate of drug-likeness (QED) is 0.432. The van der Waals surface area contributed by atoms with Crippen LogP contribution in [0.25, 0.3) is 5.76 Å². The van der Waals surface area contributed by atoms with Crippen molar-refractivity contribution in [3.05, 3.63) is 65.0 Å². The van der Waals surface area contributed by atoms with E-state index >= 15 is 0 Å². The second-order valence-corrected chi connectivity index (χ2v) is 7.42. The fourth-order valence-corrected chi connectivity index (χ4v) is 3.52. The van der Waals surface area contributed by atoms with Gasteiger partial charge in [0.25, 0.3) is 11.7 Å². The Hall–Kier alpha value is -3.19. The Kier molecular flexibility index (Phi) is 5.98. The van der Waals surface area contributed by atoms with Gasteiger partial charge in [0.2, 0.25) is 0 Å². The van der Waals surface area contributed by atoms with Crippen LogP contribution < -0.4 is 9.64 Å². The minimum atomic E-state index is -0.682. The summed E-state index contributed by atoms with van der Waals surface area (Å²) in [5, 5.41) is 11.0. The predicted molar refractivity (Wildman–Crippen MR) is 109 cm³/mol. The highest BCUT2D eigenvalue weighted by atomic mass is 16.5. The third-order valence-electron chi connectivity index (χ3n) is 5.06. The SMILES string of the molecule is COc1ccc(C(O)=C2C(=O)C(=O)N(CC[NH+](C)C)[C@@H]2c2cccnc2)cc1C. The summed E-state index contributed by atoms with van der Waals surface area (Å²) in [6.07, 6.45) is 3.26. The maximum atomic E-state index is 12.9. The lowest BCUT2D eigenvalue weighted by molar-refractivity contribution is -0.857. The first-order valence-corrected chi connectivity index (χ1v) is 9.47. The Balaban J connectivity index is 2.13. The molecule has 0 spiro atoms. The molecule has 0 aliphatic carbocycles. The monoisotopic (exact) mass is 396 g/mol. The first-order valence-electron chi connectivity index (χ1n) is 9.47. The molecule has 0 saturated carbocycles. The molecule has 3 rings (SSSR count). The van der Waals surface area contributed by atoms with Crippen LogP contribution in [0.4, 0.5) is 0 Å². The summed E-state index contributed by atoms with van der Waals surface area (Å²) in [4.78, 5) is 32.5. The maximum absolute atomic E-state index is 12.9. The number of quaternary nitrogens is 1. The lowest BCUT2D eigenvalue weighted by Crippen LogP contribution is -3.06. The van der Waals surface area contributed by atoms with Crippen molar-refractivity contribution in [3.63, 3.8) is 0 Å². The molecule has 1 aliphatic heterocycles. The van der Waals surface area contributed by atoms with Crippen LogP contribution >= 0.6 is 0 Å². The molecular weight excluding hydrogens is 370 g/mol. The van der Waals surface area contributed by atoms with Gasteiger partial charge in [-0.1, -0.05) is 6.07 Å². The van der Waals surface area contributed by atoms with Gasteiger partial charge in [0.1, 0.15) is 11.5 Å². The molecule has 1 amide bonds. The number of aryl methyl sites for hydroxylation is 1. The zero-order valence-electron chi connectivity index (χ0n) is 17.1. The van der Waals surface area contributed by atoms with E-state index in [4.69, 9.17) is 4.74 Å². The van der Waals surface area contributed by atoms with Crippen LogP contribution in [0.15, 0.2) is 48.3 Å². The minimum absolute atomic E-state index is 0.0846. The number of methoxy groups -OCH3 is 1. The van der Waals surface area contributed by atoms with E-state index in [0.29, 0.717) is 30.0 Å². The van der Waals surface area contributed by atoms with Gasteiger partial charge in [-0.2, -0.15) is 0 Å². The van der Waals surface area contributed by atoms with Crippen LogP contribution in [-0.4, -0.2) is 61.0 Å². The molecule has 1 aliphatic rings. The molecular formula is C22H26N3O4+. The first kappa shape index (κ1) is 20.5. The van der Waals surface area contributed by atoms with Crippen LogP contribution in [0, 0.1) is 6.92 Å². The summed E-state index contributed by atoms with van der Waals surface area (Å²) in [6, 6.07) is 8.04. The summed E-state index contributed by atoms with van der Waals surface area (Å²) in [5.41, 5.74) is 2.06. The number of carbonyl (C=O) groups excluding carboxylic acids is 2. The Labute approximate surface area is 170 Å². The lowest BCUT2D eigenvalue weighted by atomic mass is 9.95. The molecule has 0 unspecified atom stereocenters. The second kappa shape index (κ2) is 8.45. The number of ketones is 1. The van der Waals surface area contributed by atoms with Crippen molar-refractivity contribution in [1.29, 1.82) is 0 Å². The number of hydrogen-bond acceptors (Lipinski definition) is 5. The average molecular weight is 396 g/mol. The topological polar surface area (TPSA) is 84.2 Å². The van der Waals surface area contributed by atoms with E-state index in [1.165, 1.54) is 4.90 Å². The van der Waals surface area contributed by atoms with Gasteiger partial charge < -0.3 is 19.6 Å². The molecule has 7 heteroatoms. The van der Waals surface area contributed by atoms with Crippen molar-refractivity contribution in [2.24, 2.45) is 0 Å². The van der Waals surface area contributed by atoms with Gasteiger partial charge in [-0.25, -0.2) is 0 Å². The number of pyridine rings is 1. The van der Waals surface area contributed by atoms with E-state index in [0.717, 1.165) is 10.5 Å². The average Bonchev–Trinajstić information content (AvgIpc) is 2.97. The maximum Gasteiger partial charge on any atom is 0.295 e. The number of benzene rings is 1. The molecule has 0 bridgehead atoms. The van der Waals surface area contributed by atoms with E-state index < -0.39 is 17.7 Å². The van der Waals surface area contributed by atoms with Crippen molar-refractivity contribution in [2.45, 2.75) is 13.0 Å². The van der Waals surface area contributed by atoms with Crippen molar-refractivity contribution >= 4 is 17.4 Å². The first-order chi connectivity index (χ1) is 13.8. The number of aliphatic hydroxyl groups excluding tert-OH is 1. The molecule has 1 aromatic heterocycles. The van der Waals surface area contributed by atoms with Gasteiger partial charge in [-0.05, 0) is 42.3 Å². The van der Waals surface area contributed by atoms with Gasteiger partial charge in [0.05, 0.1) is 45.9 Å². The summed E-state index contributed by atoms with van der Waals surface area (Å²) in [7, 11) is 5.54. The highest BCUT2D eigenvalue weighted by molar-refractivity contribution is 6.46. The molecule has 2 aromatic rings. The number of hydrogen-bond donors (Lipinski definition) is 2. The number of nitrogens with one attached hydrogen (secondary N) is 1. The van der Waals surface area contributed by atoms with Crippen LogP contribution in [0.3, 0.4) is 0 Å². The predicted octanol–water partition coefficient (Wildman–Crippen LogP) is 0.965. The van der Waals surface area contributed by atoms with Crippen molar-refractivity contribution in [3.8, 4) is 5.75 Å². The summed E-state index contributed by atoms with van der Waals surface area (Å²) < 4.78 is 5.27. The van der Waals surface area contributed by atoms with Crippen molar-refractivity contribution < 1.29 is 24.3 Å². The Morgan fingerprint density at radius 1 is 1.28 bits per heavy atom. The molecule has 1 aromatic carbocycles. The van der Waals surface area contributed by atoms with Gasteiger partial charge in [-0.15, -0.1) is 0 Å². The number of aromatic nitrogens is 1. The van der Waals surface area contributed by atoms with E-state index in [1.807, 2.05) is 27.1 Å². The summed E-state index contributed by atoms with van der Waals surface area (Å²) in [5.74, 6) is -0.798. The zero-order chi connectivity index (χ0) is 21.1. The second-order valence-electron chi connectivity index (χ2n) is 7.42. The van der Waals surface area contributed by atoms with Gasteiger partial charge in [0, 0.05) is 18.0 Å². The molecule has 2 N–H and O–H groups in total. The number of carbonyl (C=O) groups is 2. The summed E-state index contributed by atoms with van der Waals surface area (Å²) in [6.45, 7) is 2.92. The molecule has 1 fully saturated rings. The highest BCUT2D eigenvalue weighted by Crippen LogP contribution is 2.39. The number of nitrogens with zero attached hydrogens (tertiary/aromatic N) is 2. The molecule has 7 nitrogen and oxygen atoms in total. The number of amides is 1. The van der Waals surface area contributed by atoms with Crippen molar-refractivity contribution in [1.82, 2.24) is 9.88 Å². The molecule has 2 heterocycles. The molecule has 1 saturated heterocycles. The third-order valence-corrected chi connectivity index (χ3v) is 5.06. The van der Waals surface area contributed by atoms with Crippen LogP contribution in [0.1, 0.15) is 22.7 Å². The van der Waals surface area contributed by atoms with E-state index in [9.17, 15) is 14.7 Å². The lowest BCUT2D eigenvalue weighted by Gasteiger charge is -2.25. The summed E-state index contributed by atoms with van der Waals surface area (Å²) >= 11 is 0. The number of Topliss-reactive ketones (excluding diaryl/α,β-unsaturated/α-hetero) is 1. The van der Waals surface area contributed by atoms with Gasteiger partial charge in [-0.3, -0.25) is 14.6 Å². The van der Waals surface area contributed by atoms with Crippen LogP contribution in [-0.2, 0) is 9.59 Å². The molecule has 0 radical (unpaired) electrons. The Morgan fingerprint density at radius 2 is 2.03 bits per heavy atom. The Bertz CT molecular complexity index is 954. The van der Waals surface area contributed by atoms with Gasteiger partial charge in [0.15, 0.2) is 0 Å². The zero-order valence-corrected chi connectivity index (χ0v) is 17.1. The largest absolute Gasteiger partial charge is 0.507 e. The normalized spacial score (nSPS) is 18.5. The third kappa shape index (κ3) is 4.00. The fraction of sp³-hybridized carbons (Fsp3) is 0.318. The molecule has 152 valence electrons. The van der Waals surface area contributed by atoms with E-state index in [-0.39, 0.29) is 11.3 Å². The number of likely N-dealkylation sites (N-methyl/N-ethyl adjacent to an activating group) is 1. The Morgan fingerprint density at radius 3 is 2.62 bits per heavy atom. The van der Waals surface area contributed by atoms with E-state index in [2.05, 4.69) is 4.98 Å². The standard InChI is InChI=1S/C22H25N3O4/c1-14-12-15(7-8-17(14)29-4)20(26)18-19(16-6-5-9-23-13-16)25(11-10-24(2)3)22(28)21(18)27/h5-9,12-13,19,26H,10-11H2,1-4H3/p+1/t19-/m1/s1. The van der Waals surface area contributed by atoms with Crippen LogP contribution in [0.2, 0.25) is 0 Å². The number of ether oxygens (including phenoxy) is 1. The molecule has 1 atom stereocenters. The fourth-order valence-electron chi connectivity index (χ4n) is 3.52. The van der Waals surface area contributed by atoms with E-state index in [1.54, 1.807) is 43.8 Å². The molecule has 29 heavy (non-hydrogen) atoms. The number of aliphatic hydroxyl groups is 1. The van der Waals surface area contributed by atoms with Crippen molar-refractivity contribution in [2.75, 3.05) is 34.3 Å². The minimum Gasteiger partial charge on any atom is -0.507 e. The van der Waals surface area contributed by atoms with Gasteiger partial charge >= 0.3 is 0 Å². The smallest absolute Gasteiger partial charge is 0.295 e. The number of rotatable bonds is 6. The highest BCUT2D eigenvalue weighted by Gasteiger charge is 2.46.